The van der Waals surface area contributed by atoms with E-state index < -0.39 is 0 Å². The Bertz CT molecular complexity index is 1050. The van der Waals surface area contributed by atoms with Gasteiger partial charge in [0.1, 0.15) is 5.82 Å². The molecule has 1 aromatic carbocycles. The maximum absolute atomic E-state index is 11.6. The standard InChI is InChI=1S/C23H26N6O2S/c1-16-14-31-12-11-29(16)21-13-19(15-32-20-7-9-25-10-8-20)26-22(28-21)17-3-5-18(6-4-17)27-23(30)24-2/h3-10,13,16H,11-12,14-15H2,1-2H3,(H2,24,27,30)/p+1/t16-/m0/s1. The molecule has 0 radical (unpaired) electrons. The molecule has 0 saturated carbocycles. The van der Waals surface area contributed by atoms with Crippen LogP contribution in [0.5, 0.6) is 0 Å². The molecule has 3 N–H and O–H groups in total. The predicted molar refractivity (Wildman–Crippen MR) is 126 cm³/mol. The first-order chi connectivity index (χ1) is 15.6. The Kier molecular flexibility index (Phi) is 7.18. The van der Waals surface area contributed by atoms with E-state index in [1.165, 1.54) is 4.90 Å². The minimum absolute atomic E-state index is 0.246. The number of hydrogen-bond acceptors (Lipinski definition) is 6. The zero-order valence-electron chi connectivity index (χ0n) is 18.2. The Morgan fingerprint density at radius 3 is 2.72 bits per heavy atom. The molecule has 2 amide bonds. The van der Waals surface area contributed by atoms with Crippen molar-refractivity contribution in [3.8, 4) is 11.4 Å². The summed E-state index contributed by atoms with van der Waals surface area (Å²) >= 11 is 1.74. The molecule has 3 aromatic rings. The molecule has 1 atom stereocenters. The van der Waals surface area contributed by atoms with E-state index in [1.54, 1.807) is 18.8 Å². The van der Waals surface area contributed by atoms with Crippen LogP contribution in [-0.4, -0.2) is 48.8 Å². The fraction of sp³-hybridized carbons (Fsp3) is 0.304. The monoisotopic (exact) mass is 451 g/mol. The lowest BCUT2D eigenvalue weighted by atomic mass is 10.2. The Balaban J connectivity index is 1.62. The Morgan fingerprint density at radius 1 is 1.22 bits per heavy atom. The number of anilines is 2. The number of nitrogens with zero attached hydrogens (tertiary/aromatic N) is 3. The van der Waals surface area contributed by atoms with Gasteiger partial charge in [-0.2, -0.15) is 0 Å². The lowest BCUT2D eigenvalue weighted by molar-refractivity contribution is -0.378. The Labute approximate surface area is 191 Å². The number of carbonyl (C=O) groups excluding carboxylic acids is 1. The molecular weight excluding hydrogens is 424 g/mol. The molecule has 0 unspecified atom stereocenters. The molecule has 166 valence electrons. The number of aromatic nitrogens is 3. The number of H-pyrrole nitrogens is 1. The minimum atomic E-state index is -0.255. The van der Waals surface area contributed by atoms with Crippen LogP contribution in [0.4, 0.5) is 16.3 Å². The number of amides is 2. The highest BCUT2D eigenvalue weighted by atomic mass is 32.2. The number of aromatic amines is 1. The van der Waals surface area contributed by atoms with Gasteiger partial charge in [0.2, 0.25) is 0 Å². The van der Waals surface area contributed by atoms with E-state index in [-0.39, 0.29) is 12.1 Å². The molecular formula is C23H27N6O2S+. The van der Waals surface area contributed by atoms with Crippen LogP contribution in [0.1, 0.15) is 12.6 Å². The van der Waals surface area contributed by atoms with Crippen LogP contribution in [0.15, 0.2) is 59.8 Å². The second kappa shape index (κ2) is 10.4. The van der Waals surface area contributed by atoms with E-state index in [2.05, 4.69) is 45.6 Å². The molecule has 1 aliphatic rings. The van der Waals surface area contributed by atoms with Gasteiger partial charge in [0.15, 0.2) is 18.2 Å². The summed E-state index contributed by atoms with van der Waals surface area (Å²) in [6.07, 6.45) is 3.84. The fourth-order valence-electron chi connectivity index (χ4n) is 3.42. The van der Waals surface area contributed by atoms with E-state index in [4.69, 9.17) is 14.7 Å². The quantitative estimate of drug-likeness (QED) is 0.559. The number of pyridine rings is 1. The third-order valence-corrected chi connectivity index (χ3v) is 6.18. The van der Waals surface area contributed by atoms with Crippen molar-refractivity contribution in [1.29, 1.82) is 0 Å². The molecule has 32 heavy (non-hydrogen) atoms. The van der Waals surface area contributed by atoms with Crippen LogP contribution in [-0.2, 0) is 10.5 Å². The van der Waals surface area contributed by atoms with Crippen molar-refractivity contribution in [2.24, 2.45) is 0 Å². The van der Waals surface area contributed by atoms with Gasteiger partial charge in [-0.05, 0) is 31.2 Å². The molecule has 1 saturated heterocycles. The van der Waals surface area contributed by atoms with Gasteiger partial charge in [0, 0.05) is 53.7 Å². The SMILES string of the molecule is CNC(=O)Nc1ccc(-c2nc(CSc3cc[nH+]cc3)cc(N3CCOC[C@@H]3C)n2)cc1. The Hall–Kier alpha value is -3.17. The summed E-state index contributed by atoms with van der Waals surface area (Å²) in [7, 11) is 1.59. The number of rotatable bonds is 6. The third kappa shape index (κ3) is 5.54. The zero-order chi connectivity index (χ0) is 22.3. The topological polar surface area (TPSA) is 93.5 Å². The summed E-state index contributed by atoms with van der Waals surface area (Å²) in [5.41, 5.74) is 2.58. The summed E-state index contributed by atoms with van der Waals surface area (Å²) in [5, 5.41) is 5.32. The number of ether oxygens (including phenoxy) is 1. The van der Waals surface area contributed by atoms with Gasteiger partial charge in [-0.1, -0.05) is 0 Å². The predicted octanol–water partition coefficient (Wildman–Crippen LogP) is 3.23. The highest BCUT2D eigenvalue weighted by Gasteiger charge is 2.22. The first kappa shape index (κ1) is 22.0. The average Bonchev–Trinajstić information content (AvgIpc) is 2.84. The van der Waals surface area contributed by atoms with Crippen molar-refractivity contribution >= 4 is 29.3 Å². The summed E-state index contributed by atoms with van der Waals surface area (Å²) in [6.45, 7) is 4.32. The van der Waals surface area contributed by atoms with Gasteiger partial charge in [-0.15, -0.1) is 11.8 Å². The highest BCUT2D eigenvalue weighted by molar-refractivity contribution is 7.98. The van der Waals surface area contributed by atoms with Crippen molar-refractivity contribution in [3.05, 3.63) is 60.6 Å². The lowest BCUT2D eigenvalue weighted by Gasteiger charge is -2.34. The normalized spacial score (nSPS) is 15.9. The number of urea groups is 1. The first-order valence-electron chi connectivity index (χ1n) is 10.5. The van der Waals surface area contributed by atoms with E-state index in [1.807, 2.05) is 36.7 Å². The highest BCUT2D eigenvalue weighted by Crippen LogP contribution is 2.27. The summed E-state index contributed by atoms with van der Waals surface area (Å²) < 4.78 is 5.61. The molecule has 4 rings (SSSR count). The summed E-state index contributed by atoms with van der Waals surface area (Å²) in [5.74, 6) is 2.32. The zero-order valence-corrected chi connectivity index (χ0v) is 19.0. The summed E-state index contributed by atoms with van der Waals surface area (Å²) in [4.78, 5) is 27.8. The first-order valence-corrected chi connectivity index (χ1v) is 11.5. The molecule has 1 aliphatic heterocycles. The molecule has 3 heterocycles. The van der Waals surface area contributed by atoms with Crippen LogP contribution < -0.4 is 20.5 Å². The van der Waals surface area contributed by atoms with Gasteiger partial charge >= 0.3 is 6.03 Å². The van der Waals surface area contributed by atoms with Crippen LogP contribution >= 0.6 is 11.8 Å². The van der Waals surface area contributed by atoms with Gasteiger partial charge < -0.3 is 20.3 Å². The summed E-state index contributed by atoms with van der Waals surface area (Å²) in [6, 6.07) is 13.7. The largest absolute Gasteiger partial charge is 0.377 e. The number of hydrogen-bond donors (Lipinski definition) is 2. The van der Waals surface area contributed by atoms with E-state index in [9.17, 15) is 4.79 Å². The molecule has 2 aromatic heterocycles. The number of nitrogens with one attached hydrogen (secondary N) is 3. The minimum Gasteiger partial charge on any atom is -0.377 e. The molecule has 1 fully saturated rings. The molecule has 0 spiro atoms. The maximum atomic E-state index is 11.6. The average molecular weight is 452 g/mol. The van der Waals surface area contributed by atoms with Crippen LogP contribution in [0.25, 0.3) is 11.4 Å². The van der Waals surface area contributed by atoms with Crippen molar-refractivity contribution in [3.63, 3.8) is 0 Å². The number of thioether (sulfide) groups is 1. The van der Waals surface area contributed by atoms with Gasteiger partial charge in [-0.25, -0.2) is 19.7 Å². The van der Waals surface area contributed by atoms with Crippen LogP contribution in [0.3, 0.4) is 0 Å². The fourth-order valence-corrected chi connectivity index (χ4v) is 4.21. The van der Waals surface area contributed by atoms with Gasteiger partial charge in [0.05, 0.1) is 24.9 Å². The second-order valence-corrected chi connectivity index (χ2v) is 8.51. The van der Waals surface area contributed by atoms with Crippen molar-refractivity contribution in [1.82, 2.24) is 15.3 Å². The molecule has 0 aliphatic carbocycles. The number of carbonyl (C=O) groups is 1. The lowest BCUT2D eigenvalue weighted by Crippen LogP contribution is -2.44. The third-order valence-electron chi connectivity index (χ3n) is 5.13. The maximum Gasteiger partial charge on any atom is 0.318 e. The molecule has 0 bridgehead atoms. The molecule has 8 nitrogen and oxygen atoms in total. The van der Waals surface area contributed by atoms with Crippen molar-refractivity contribution in [2.75, 3.05) is 37.0 Å². The van der Waals surface area contributed by atoms with Crippen molar-refractivity contribution in [2.45, 2.75) is 23.6 Å². The Morgan fingerprint density at radius 2 is 2.00 bits per heavy atom. The second-order valence-electron chi connectivity index (χ2n) is 7.46. The van der Waals surface area contributed by atoms with E-state index in [0.29, 0.717) is 24.7 Å². The van der Waals surface area contributed by atoms with Gasteiger partial charge in [0.25, 0.3) is 0 Å². The molecule has 9 heteroatoms. The smallest absolute Gasteiger partial charge is 0.318 e. The van der Waals surface area contributed by atoms with Gasteiger partial charge in [-0.3, -0.25) is 0 Å². The van der Waals surface area contributed by atoms with Crippen molar-refractivity contribution < 1.29 is 14.5 Å². The van der Waals surface area contributed by atoms with Crippen LogP contribution in [0.2, 0.25) is 0 Å². The van der Waals surface area contributed by atoms with E-state index in [0.717, 1.165) is 29.4 Å². The number of morpholine rings is 1. The van der Waals surface area contributed by atoms with Crippen LogP contribution in [0, 0.1) is 0 Å². The number of benzene rings is 1. The van der Waals surface area contributed by atoms with E-state index >= 15 is 0 Å².